The fourth-order valence-electron chi connectivity index (χ4n) is 5.47. The van der Waals surface area contributed by atoms with E-state index >= 15 is 0 Å². The Hall–Kier alpha value is -0.380. The molecule has 6 atom stereocenters. The smallest absolute Gasteiger partial charge is 0.177 e. The average Bonchev–Trinajstić information content (AvgIpc) is 2.92. The van der Waals surface area contributed by atoms with Crippen molar-refractivity contribution in [2.45, 2.75) is 76.5 Å². The van der Waals surface area contributed by atoms with Crippen LogP contribution in [0.1, 0.15) is 52.9 Å². The number of hydrogen-bond donors (Lipinski definition) is 1. The predicted octanol–water partition coefficient (Wildman–Crippen LogP) is 2.78. The molecule has 19 heavy (non-hydrogen) atoms. The molecule has 2 saturated carbocycles. The van der Waals surface area contributed by atoms with E-state index in [-0.39, 0.29) is 28.1 Å². The van der Waals surface area contributed by atoms with E-state index in [1.807, 2.05) is 0 Å². The number of aliphatic hydroxyl groups excluding tert-OH is 1. The quantitative estimate of drug-likeness (QED) is 0.540. The van der Waals surface area contributed by atoms with Gasteiger partial charge in [-0.15, -0.1) is 0 Å². The molecule has 4 aliphatic rings. The molecule has 0 aromatic heterocycles. The van der Waals surface area contributed by atoms with Crippen molar-refractivity contribution < 1.29 is 14.6 Å². The Labute approximate surface area is 115 Å². The molecule has 2 aliphatic heterocycles. The third-order valence-corrected chi connectivity index (χ3v) is 6.85. The predicted molar refractivity (Wildman–Crippen MR) is 71.5 cm³/mol. The topological polar surface area (TPSA) is 42.0 Å². The van der Waals surface area contributed by atoms with Gasteiger partial charge in [-0.25, -0.2) is 0 Å². The van der Waals surface area contributed by atoms with Crippen molar-refractivity contribution in [1.29, 1.82) is 0 Å². The highest BCUT2D eigenvalue weighted by molar-refractivity contribution is 5.36. The molecular weight excluding hydrogens is 240 g/mol. The normalized spacial score (nSPS) is 63.3. The molecule has 3 nitrogen and oxygen atoms in total. The lowest BCUT2D eigenvalue weighted by molar-refractivity contribution is -0.157. The van der Waals surface area contributed by atoms with Crippen molar-refractivity contribution in [1.82, 2.24) is 0 Å². The number of rotatable bonds is 0. The Kier molecular flexibility index (Phi) is 2.02. The molecule has 4 fully saturated rings. The second kappa shape index (κ2) is 3.10. The zero-order valence-electron chi connectivity index (χ0n) is 12.2. The largest absolute Gasteiger partial charge is 0.364 e. The van der Waals surface area contributed by atoms with Crippen LogP contribution in [0.5, 0.6) is 0 Å². The summed E-state index contributed by atoms with van der Waals surface area (Å²) in [5.74, 6) is 0. The molecule has 0 aromatic carbocycles. The molecule has 0 aromatic rings. The number of ether oxygens (including phenoxy) is 2. The second-order valence-electron chi connectivity index (χ2n) is 7.79. The van der Waals surface area contributed by atoms with Crippen molar-refractivity contribution in [3.8, 4) is 0 Å². The van der Waals surface area contributed by atoms with Crippen LogP contribution in [0.25, 0.3) is 0 Å². The summed E-state index contributed by atoms with van der Waals surface area (Å²) >= 11 is 0. The van der Waals surface area contributed by atoms with Crippen LogP contribution >= 0.6 is 0 Å². The Morgan fingerprint density at radius 1 is 1.16 bits per heavy atom. The first-order valence-corrected chi connectivity index (χ1v) is 7.52. The van der Waals surface area contributed by atoms with Crippen LogP contribution in [0.2, 0.25) is 0 Å². The third-order valence-electron chi connectivity index (χ3n) is 6.85. The summed E-state index contributed by atoms with van der Waals surface area (Å²) in [6.45, 7) is 10.9. The number of hydrogen-bond acceptors (Lipinski definition) is 3. The summed E-state index contributed by atoms with van der Waals surface area (Å²) in [6.07, 6.45) is 4.90. The van der Waals surface area contributed by atoms with Crippen molar-refractivity contribution in [3.63, 3.8) is 0 Å². The fraction of sp³-hybridized carbons (Fsp3) is 0.875. The molecule has 106 valence electrons. The van der Waals surface area contributed by atoms with Crippen LogP contribution in [0.4, 0.5) is 0 Å². The summed E-state index contributed by atoms with van der Waals surface area (Å²) in [5, 5.41) is 10.1. The van der Waals surface area contributed by atoms with Gasteiger partial charge in [0.1, 0.15) is 11.7 Å². The summed E-state index contributed by atoms with van der Waals surface area (Å²) in [5.41, 5.74) is 0.641. The molecule has 2 aliphatic carbocycles. The summed E-state index contributed by atoms with van der Waals surface area (Å²) in [7, 11) is 0. The van der Waals surface area contributed by atoms with Gasteiger partial charge in [-0.3, -0.25) is 0 Å². The monoisotopic (exact) mass is 264 g/mol. The van der Waals surface area contributed by atoms with E-state index in [1.54, 1.807) is 0 Å². The van der Waals surface area contributed by atoms with Crippen molar-refractivity contribution in [3.05, 3.63) is 12.2 Å². The van der Waals surface area contributed by atoms with Gasteiger partial charge in [0.25, 0.3) is 0 Å². The molecule has 1 spiro atoms. The fourth-order valence-corrected chi connectivity index (χ4v) is 5.47. The van der Waals surface area contributed by atoms with Gasteiger partial charge in [-0.1, -0.05) is 20.4 Å². The number of fused-ring (bicyclic) bond motifs is 1. The first-order chi connectivity index (χ1) is 8.79. The Bertz CT molecular complexity index is 475. The van der Waals surface area contributed by atoms with Gasteiger partial charge in [0.05, 0.1) is 5.60 Å². The van der Waals surface area contributed by atoms with E-state index in [1.165, 1.54) is 12.8 Å². The molecule has 4 rings (SSSR count). The van der Waals surface area contributed by atoms with Gasteiger partial charge in [-0.2, -0.15) is 0 Å². The van der Waals surface area contributed by atoms with Gasteiger partial charge in [0.15, 0.2) is 6.29 Å². The minimum absolute atomic E-state index is 0.0356. The Morgan fingerprint density at radius 3 is 2.63 bits per heavy atom. The molecular formula is C16H24O3. The maximum atomic E-state index is 10.1. The number of aliphatic hydroxyl groups is 1. The van der Waals surface area contributed by atoms with E-state index in [0.29, 0.717) is 0 Å². The highest BCUT2D eigenvalue weighted by atomic mass is 16.7. The standard InChI is InChI=1S/C16H24O3/c1-10-11(17)18-12-14(10,3)9-8-13(2)6-5-7-15(4)16(12,13)19-15/h11-12,17H,1,5-9H2,2-4H3/t11?,12?,13-,14+,15?,16?/m1/s1. The van der Waals surface area contributed by atoms with E-state index in [9.17, 15) is 5.11 Å². The van der Waals surface area contributed by atoms with Crippen LogP contribution in [0.15, 0.2) is 12.2 Å². The highest BCUT2D eigenvalue weighted by Gasteiger charge is 2.84. The van der Waals surface area contributed by atoms with Crippen molar-refractivity contribution >= 4 is 0 Å². The summed E-state index contributed by atoms with van der Waals surface area (Å²) in [6, 6.07) is 0. The lowest BCUT2D eigenvalue weighted by atomic mass is 9.50. The summed E-state index contributed by atoms with van der Waals surface area (Å²) in [4.78, 5) is 0. The van der Waals surface area contributed by atoms with E-state index in [0.717, 1.165) is 24.8 Å². The van der Waals surface area contributed by atoms with Gasteiger partial charge in [-0.05, 0) is 44.6 Å². The van der Waals surface area contributed by atoms with Crippen LogP contribution in [0, 0.1) is 10.8 Å². The summed E-state index contributed by atoms with van der Waals surface area (Å²) < 4.78 is 12.3. The van der Waals surface area contributed by atoms with Crippen LogP contribution in [-0.4, -0.2) is 28.7 Å². The molecule has 3 heteroatoms. The third kappa shape index (κ3) is 1.10. The highest BCUT2D eigenvalue weighted by Crippen LogP contribution is 2.75. The van der Waals surface area contributed by atoms with E-state index in [4.69, 9.17) is 9.47 Å². The maximum Gasteiger partial charge on any atom is 0.177 e. The molecule has 0 radical (unpaired) electrons. The lowest BCUT2D eigenvalue weighted by Gasteiger charge is -2.52. The minimum atomic E-state index is -0.817. The number of epoxide rings is 1. The molecule has 2 saturated heterocycles. The molecule has 4 unspecified atom stereocenters. The zero-order valence-corrected chi connectivity index (χ0v) is 12.2. The van der Waals surface area contributed by atoms with Gasteiger partial charge < -0.3 is 14.6 Å². The average molecular weight is 264 g/mol. The maximum absolute atomic E-state index is 10.1. The first kappa shape index (κ1) is 12.4. The van der Waals surface area contributed by atoms with Crippen LogP contribution < -0.4 is 0 Å². The van der Waals surface area contributed by atoms with Crippen LogP contribution in [-0.2, 0) is 9.47 Å². The zero-order chi connectivity index (χ0) is 13.7. The molecule has 2 heterocycles. The Balaban J connectivity index is 1.84. The lowest BCUT2D eigenvalue weighted by Crippen LogP contribution is -2.60. The van der Waals surface area contributed by atoms with Crippen LogP contribution in [0.3, 0.4) is 0 Å². The molecule has 1 N–H and O–H groups in total. The van der Waals surface area contributed by atoms with Crippen molar-refractivity contribution in [2.24, 2.45) is 10.8 Å². The SMILES string of the molecule is C=C1C(O)OC2C34OC3(C)CCC[C@]4(C)CC[C@@]12C. The van der Waals surface area contributed by atoms with Gasteiger partial charge in [0, 0.05) is 10.8 Å². The van der Waals surface area contributed by atoms with Crippen molar-refractivity contribution in [2.75, 3.05) is 0 Å². The Morgan fingerprint density at radius 2 is 1.89 bits per heavy atom. The minimum Gasteiger partial charge on any atom is -0.364 e. The first-order valence-electron chi connectivity index (χ1n) is 7.52. The molecule has 0 bridgehead atoms. The second-order valence-corrected chi connectivity index (χ2v) is 7.79. The van der Waals surface area contributed by atoms with Gasteiger partial charge >= 0.3 is 0 Å². The van der Waals surface area contributed by atoms with E-state index < -0.39 is 6.29 Å². The van der Waals surface area contributed by atoms with Gasteiger partial charge in [0.2, 0.25) is 0 Å². The van der Waals surface area contributed by atoms with E-state index in [2.05, 4.69) is 27.4 Å². The molecule has 0 amide bonds.